The van der Waals surface area contributed by atoms with Gasteiger partial charge in [0.15, 0.2) is 0 Å². The van der Waals surface area contributed by atoms with Gasteiger partial charge in [-0.2, -0.15) is 4.31 Å². The molecule has 0 saturated carbocycles. The summed E-state index contributed by atoms with van der Waals surface area (Å²) < 4.78 is 33.6. The van der Waals surface area contributed by atoms with Crippen LogP contribution in [0.2, 0.25) is 0 Å². The number of carbonyl (C=O) groups is 1. The Labute approximate surface area is 179 Å². The highest BCUT2D eigenvalue weighted by Gasteiger charge is 2.50. The first-order valence-electron chi connectivity index (χ1n) is 10.2. The molecule has 0 aliphatic carbocycles. The minimum atomic E-state index is -3.71. The van der Waals surface area contributed by atoms with Gasteiger partial charge in [-0.1, -0.05) is 34.3 Å². The van der Waals surface area contributed by atoms with Crippen molar-refractivity contribution in [3.8, 4) is 0 Å². The van der Waals surface area contributed by atoms with Gasteiger partial charge in [-0.15, -0.1) is 0 Å². The van der Waals surface area contributed by atoms with Crippen LogP contribution in [0.4, 0.5) is 5.82 Å². The van der Waals surface area contributed by atoms with Crippen molar-refractivity contribution in [1.82, 2.24) is 14.6 Å². The average Bonchev–Trinajstić information content (AvgIpc) is 2.70. The fourth-order valence-corrected chi connectivity index (χ4v) is 6.35. The topological polar surface area (TPSA) is 91.8 Å². The van der Waals surface area contributed by atoms with Gasteiger partial charge in [-0.05, 0) is 29.0 Å². The lowest BCUT2D eigenvalue weighted by molar-refractivity contribution is -0.120. The first-order chi connectivity index (χ1) is 14.0. The Morgan fingerprint density at radius 2 is 1.80 bits per heavy atom. The summed E-state index contributed by atoms with van der Waals surface area (Å²) in [5.41, 5.74) is -0.927. The van der Waals surface area contributed by atoms with E-state index < -0.39 is 20.9 Å². The van der Waals surface area contributed by atoms with Gasteiger partial charge in [-0.25, -0.2) is 13.4 Å². The van der Waals surface area contributed by atoms with Crippen LogP contribution in [0, 0.1) is 10.8 Å². The van der Waals surface area contributed by atoms with Crippen LogP contribution in [-0.4, -0.2) is 69.0 Å². The number of carbonyl (C=O) groups excluding carboxylic acids is 1. The number of aromatic nitrogens is 1. The Kier molecular flexibility index (Phi) is 6.27. The maximum Gasteiger partial charge on any atom is 0.244 e. The molecule has 3 heterocycles. The van der Waals surface area contributed by atoms with E-state index in [2.05, 4.69) is 21.8 Å². The molecule has 2 fully saturated rings. The molecule has 8 nitrogen and oxygen atoms in total. The Hall–Kier alpha value is -1.97. The monoisotopic (exact) mass is 436 g/mol. The number of piperidine rings is 1. The number of rotatable bonds is 5. The summed E-state index contributed by atoms with van der Waals surface area (Å²) in [6.45, 7) is 14.8. The maximum atomic E-state index is 13.4. The van der Waals surface area contributed by atoms with Crippen molar-refractivity contribution in [2.75, 3.05) is 44.3 Å². The molecular weight excluding hydrogens is 404 g/mol. The van der Waals surface area contributed by atoms with Crippen molar-refractivity contribution in [2.24, 2.45) is 10.8 Å². The quantitative estimate of drug-likeness (QED) is 0.706. The van der Waals surface area contributed by atoms with Crippen molar-refractivity contribution in [2.45, 2.75) is 38.6 Å². The molecule has 0 unspecified atom stereocenters. The third-order valence-electron chi connectivity index (χ3n) is 5.90. The number of pyridine rings is 1. The zero-order valence-corrected chi connectivity index (χ0v) is 19.0. The van der Waals surface area contributed by atoms with Crippen LogP contribution in [0.5, 0.6) is 0 Å². The Balaban J connectivity index is 1.82. The molecule has 0 atom stereocenters. The third kappa shape index (κ3) is 4.53. The molecule has 0 spiro atoms. The van der Waals surface area contributed by atoms with E-state index in [1.165, 1.54) is 16.6 Å². The predicted molar refractivity (Wildman–Crippen MR) is 116 cm³/mol. The van der Waals surface area contributed by atoms with Crippen LogP contribution in [0.15, 0.2) is 35.9 Å². The number of ether oxygens (including phenoxy) is 1. The van der Waals surface area contributed by atoms with Crippen LogP contribution < -0.4 is 10.2 Å². The lowest BCUT2D eigenvalue weighted by Gasteiger charge is -2.52. The smallest absolute Gasteiger partial charge is 0.244 e. The standard InChI is InChI=1S/C21H32N4O4S/c1-6-18(26)23-19-20(2,3)14-25(15-21(19,4)5)30(27,28)16-7-8-17(22-13-16)24-9-11-29-12-10-24/h6-8,13,19H,1,9-12,14-15H2,2-5H3,(H,23,26). The summed E-state index contributed by atoms with van der Waals surface area (Å²) in [6.07, 6.45) is 2.68. The van der Waals surface area contributed by atoms with Gasteiger partial charge in [0, 0.05) is 38.4 Å². The molecule has 0 bridgehead atoms. The summed E-state index contributed by atoms with van der Waals surface area (Å²) in [6, 6.07) is 3.19. The molecule has 1 N–H and O–H groups in total. The first kappa shape index (κ1) is 22.7. The van der Waals surface area contributed by atoms with Gasteiger partial charge < -0.3 is 15.0 Å². The predicted octanol–water partition coefficient (Wildman–Crippen LogP) is 1.65. The lowest BCUT2D eigenvalue weighted by atomic mass is 9.67. The second-order valence-corrected chi connectivity index (χ2v) is 11.3. The van der Waals surface area contributed by atoms with Gasteiger partial charge in [0.2, 0.25) is 15.9 Å². The van der Waals surface area contributed by atoms with E-state index in [1.807, 2.05) is 27.7 Å². The number of anilines is 1. The molecule has 1 aromatic rings. The van der Waals surface area contributed by atoms with E-state index in [0.717, 1.165) is 18.9 Å². The number of hydrogen-bond acceptors (Lipinski definition) is 6. The Morgan fingerprint density at radius 3 is 2.30 bits per heavy atom. The number of hydrogen-bond donors (Lipinski definition) is 1. The molecule has 30 heavy (non-hydrogen) atoms. The molecule has 1 amide bonds. The average molecular weight is 437 g/mol. The molecule has 166 valence electrons. The molecule has 2 aliphatic heterocycles. The van der Waals surface area contributed by atoms with E-state index in [9.17, 15) is 13.2 Å². The maximum absolute atomic E-state index is 13.4. The molecule has 1 aromatic heterocycles. The van der Waals surface area contributed by atoms with Gasteiger partial charge in [0.1, 0.15) is 10.7 Å². The zero-order chi connectivity index (χ0) is 22.2. The van der Waals surface area contributed by atoms with Crippen LogP contribution in [0.3, 0.4) is 0 Å². The normalized spacial score (nSPS) is 22.5. The molecule has 3 rings (SSSR count). The molecular formula is C21H32N4O4S. The SMILES string of the molecule is C=CC(=O)NC1C(C)(C)CN(S(=O)(=O)c2ccc(N3CCOCC3)nc2)CC1(C)C. The van der Waals surface area contributed by atoms with Crippen molar-refractivity contribution in [3.63, 3.8) is 0 Å². The summed E-state index contributed by atoms with van der Waals surface area (Å²) in [5.74, 6) is 0.504. The van der Waals surface area contributed by atoms with Gasteiger partial charge >= 0.3 is 0 Å². The van der Waals surface area contributed by atoms with Crippen molar-refractivity contribution in [1.29, 1.82) is 0 Å². The van der Waals surface area contributed by atoms with Crippen LogP contribution >= 0.6 is 0 Å². The second kappa shape index (κ2) is 8.28. The van der Waals surface area contributed by atoms with Gasteiger partial charge in [0.05, 0.1) is 13.2 Å². The Morgan fingerprint density at radius 1 is 1.20 bits per heavy atom. The highest BCUT2D eigenvalue weighted by molar-refractivity contribution is 7.89. The largest absolute Gasteiger partial charge is 0.378 e. The van der Waals surface area contributed by atoms with Crippen LogP contribution in [-0.2, 0) is 19.6 Å². The van der Waals surface area contributed by atoms with E-state index in [4.69, 9.17) is 4.74 Å². The van der Waals surface area contributed by atoms with Gasteiger partial charge in [0.25, 0.3) is 0 Å². The molecule has 2 saturated heterocycles. The second-order valence-electron chi connectivity index (χ2n) is 9.35. The first-order valence-corrected chi connectivity index (χ1v) is 11.6. The number of nitrogens with one attached hydrogen (secondary N) is 1. The number of morpholine rings is 1. The fraction of sp³-hybridized carbons (Fsp3) is 0.619. The number of amides is 1. The van der Waals surface area contributed by atoms with Crippen molar-refractivity contribution in [3.05, 3.63) is 31.0 Å². The summed E-state index contributed by atoms with van der Waals surface area (Å²) in [7, 11) is -3.71. The molecule has 2 aliphatic rings. The minimum absolute atomic E-state index is 0.180. The van der Waals surface area contributed by atoms with Crippen molar-refractivity contribution < 1.29 is 17.9 Å². The summed E-state index contributed by atoms with van der Waals surface area (Å²) in [5, 5.41) is 3.00. The number of sulfonamides is 1. The van der Waals surface area contributed by atoms with E-state index >= 15 is 0 Å². The minimum Gasteiger partial charge on any atom is -0.378 e. The molecule has 0 aromatic carbocycles. The third-order valence-corrected chi connectivity index (χ3v) is 7.67. The molecule has 0 radical (unpaired) electrons. The fourth-order valence-electron chi connectivity index (χ4n) is 4.62. The summed E-state index contributed by atoms with van der Waals surface area (Å²) in [4.78, 5) is 18.6. The van der Waals surface area contributed by atoms with E-state index in [-0.39, 0.29) is 16.8 Å². The summed E-state index contributed by atoms with van der Waals surface area (Å²) >= 11 is 0. The zero-order valence-electron chi connectivity index (χ0n) is 18.2. The molecule has 9 heteroatoms. The van der Waals surface area contributed by atoms with E-state index in [1.54, 1.807) is 12.1 Å². The van der Waals surface area contributed by atoms with E-state index in [0.29, 0.717) is 26.3 Å². The highest BCUT2D eigenvalue weighted by Crippen LogP contribution is 2.42. The number of nitrogens with zero attached hydrogens (tertiary/aromatic N) is 3. The highest BCUT2D eigenvalue weighted by atomic mass is 32.2. The van der Waals surface area contributed by atoms with Crippen LogP contribution in [0.25, 0.3) is 0 Å². The lowest BCUT2D eigenvalue weighted by Crippen LogP contribution is -2.64. The Bertz CT molecular complexity index is 872. The van der Waals surface area contributed by atoms with Gasteiger partial charge in [-0.3, -0.25) is 4.79 Å². The van der Waals surface area contributed by atoms with Crippen molar-refractivity contribution >= 4 is 21.7 Å². The van der Waals surface area contributed by atoms with Crippen LogP contribution in [0.1, 0.15) is 27.7 Å².